The Labute approximate surface area is 107 Å². The molecule has 0 aromatic carbocycles. The van der Waals surface area contributed by atoms with Crippen molar-refractivity contribution < 1.29 is 0 Å². The van der Waals surface area contributed by atoms with E-state index in [0.29, 0.717) is 11.8 Å². The molecular weight excluding hydrogens is 232 g/mol. The smallest absolute Gasteiger partial charge is 0.255 e. The zero-order valence-corrected chi connectivity index (χ0v) is 11.0. The third-order valence-electron chi connectivity index (χ3n) is 3.76. The topological polar surface area (TPSA) is 25.2 Å². The third kappa shape index (κ3) is 1.93. The number of hydrogen-bond donors (Lipinski definition) is 1. The first-order chi connectivity index (χ1) is 8.20. The molecule has 1 fully saturated rings. The van der Waals surface area contributed by atoms with Crippen LogP contribution in [0.25, 0.3) is 0 Å². The van der Waals surface area contributed by atoms with Crippen molar-refractivity contribution in [3.05, 3.63) is 33.2 Å². The average molecular weight is 250 g/mol. The lowest BCUT2D eigenvalue weighted by Gasteiger charge is -2.28. The van der Waals surface area contributed by atoms with Crippen molar-refractivity contribution in [2.24, 2.45) is 0 Å². The van der Waals surface area contributed by atoms with Gasteiger partial charge in [-0.25, -0.2) is 0 Å². The van der Waals surface area contributed by atoms with Gasteiger partial charge < -0.3 is 9.47 Å². The molecule has 1 aliphatic carbocycles. The van der Waals surface area contributed by atoms with Gasteiger partial charge in [-0.15, -0.1) is 0 Å². The standard InChI is InChI=1S/C13H18N2OS/c1-14-5-4-12-9(7-14)6-10(8-17)13(16)15(12)11-2-3-11/h6,11,17H,2-5,7-8H2,1H3. The van der Waals surface area contributed by atoms with E-state index in [1.807, 2.05) is 0 Å². The van der Waals surface area contributed by atoms with Crippen LogP contribution >= 0.6 is 12.6 Å². The quantitative estimate of drug-likeness (QED) is 0.807. The van der Waals surface area contributed by atoms with Crippen LogP contribution in [0.1, 0.15) is 35.7 Å². The highest BCUT2D eigenvalue weighted by Crippen LogP contribution is 2.36. The van der Waals surface area contributed by atoms with E-state index in [0.717, 1.165) is 37.9 Å². The number of rotatable bonds is 2. The van der Waals surface area contributed by atoms with Gasteiger partial charge in [-0.3, -0.25) is 4.79 Å². The Bertz CT molecular complexity index is 505. The van der Waals surface area contributed by atoms with Crippen LogP contribution in [0, 0.1) is 0 Å². The lowest BCUT2D eigenvalue weighted by Crippen LogP contribution is -2.34. The van der Waals surface area contributed by atoms with Gasteiger partial charge in [-0.1, -0.05) is 0 Å². The number of nitrogens with zero attached hydrogens (tertiary/aromatic N) is 2. The van der Waals surface area contributed by atoms with Crippen LogP contribution < -0.4 is 5.56 Å². The fourth-order valence-electron chi connectivity index (χ4n) is 2.70. The van der Waals surface area contributed by atoms with Crippen LogP contribution in [0.15, 0.2) is 10.9 Å². The molecule has 2 heterocycles. The van der Waals surface area contributed by atoms with Crippen molar-refractivity contribution in [1.29, 1.82) is 0 Å². The molecule has 0 radical (unpaired) electrons. The Morgan fingerprint density at radius 3 is 2.88 bits per heavy atom. The molecule has 0 bridgehead atoms. The molecule has 0 saturated heterocycles. The second-order valence-electron chi connectivity index (χ2n) is 5.19. The molecule has 1 aromatic heterocycles. The highest BCUT2D eigenvalue weighted by atomic mass is 32.1. The molecule has 3 nitrogen and oxygen atoms in total. The van der Waals surface area contributed by atoms with E-state index < -0.39 is 0 Å². The Kier molecular flexibility index (Phi) is 2.79. The molecule has 0 amide bonds. The maximum atomic E-state index is 12.3. The summed E-state index contributed by atoms with van der Waals surface area (Å²) < 4.78 is 2.06. The molecule has 3 rings (SSSR count). The number of fused-ring (bicyclic) bond motifs is 1. The van der Waals surface area contributed by atoms with Crippen LogP contribution in [-0.2, 0) is 18.7 Å². The Morgan fingerprint density at radius 1 is 1.47 bits per heavy atom. The van der Waals surface area contributed by atoms with E-state index in [1.54, 1.807) is 0 Å². The summed E-state index contributed by atoms with van der Waals surface area (Å²) in [6.45, 7) is 2.02. The van der Waals surface area contributed by atoms with Crippen LogP contribution in [0.2, 0.25) is 0 Å². The number of likely N-dealkylation sites (N-methyl/N-ethyl adjacent to an activating group) is 1. The van der Waals surface area contributed by atoms with Crippen molar-refractivity contribution in [2.75, 3.05) is 13.6 Å². The molecule has 0 N–H and O–H groups in total. The second-order valence-corrected chi connectivity index (χ2v) is 5.51. The lowest BCUT2D eigenvalue weighted by molar-refractivity contribution is 0.304. The first kappa shape index (κ1) is 11.4. The summed E-state index contributed by atoms with van der Waals surface area (Å²) in [5, 5.41) is 0. The van der Waals surface area contributed by atoms with E-state index >= 15 is 0 Å². The third-order valence-corrected chi connectivity index (χ3v) is 4.10. The average Bonchev–Trinajstić information content (AvgIpc) is 3.12. The van der Waals surface area contributed by atoms with Crippen molar-refractivity contribution in [3.8, 4) is 0 Å². The molecule has 92 valence electrons. The summed E-state index contributed by atoms with van der Waals surface area (Å²) >= 11 is 4.28. The summed E-state index contributed by atoms with van der Waals surface area (Å²) in [5.41, 5.74) is 3.66. The van der Waals surface area contributed by atoms with Gasteiger partial charge in [0.25, 0.3) is 5.56 Å². The minimum Gasteiger partial charge on any atom is -0.309 e. The van der Waals surface area contributed by atoms with Crippen molar-refractivity contribution in [2.45, 2.75) is 37.6 Å². The first-order valence-corrected chi connectivity index (χ1v) is 6.89. The lowest BCUT2D eigenvalue weighted by atomic mass is 10.0. The van der Waals surface area contributed by atoms with Gasteiger partial charge in [0.05, 0.1) is 0 Å². The minimum atomic E-state index is 0.200. The van der Waals surface area contributed by atoms with Gasteiger partial charge in [0.15, 0.2) is 0 Å². The zero-order valence-electron chi connectivity index (χ0n) is 10.1. The van der Waals surface area contributed by atoms with Gasteiger partial charge >= 0.3 is 0 Å². The van der Waals surface area contributed by atoms with E-state index in [2.05, 4.69) is 35.2 Å². The fraction of sp³-hybridized carbons (Fsp3) is 0.615. The number of aromatic nitrogens is 1. The molecule has 1 saturated carbocycles. The van der Waals surface area contributed by atoms with Gasteiger partial charge in [0, 0.05) is 42.6 Å². The molecule has 0 atom stereocenters. The number of hydrogen-bond acceptors (Lipinski definition) is 3. The van der Waals surface area contributed by atoms with E-state index in [1.165, 1.54) is 11.3 Å². The first-order valence-electron chi connectivity index (χ1n) is 6.26. The van der Waals surface area contributed by atoms with Gasteiger partial charge in [0.2, 0.25) is 0 Å². The predicted octanol–water partition coefficient (Wildman–Crippen LogP) is 1.60. The van der Waals surface area contributed by atoms with Crippen molar-refractivity contribution in [1.82, 2.24) is 9.47 Å². The number of thiol groups is 1. The van der Waals surface area contributed by atoms with Crippen LogP contribution in [-0.4, -0.2) is 23.1 Å². The monoisotopic (exact) mass is 250 g/mol. The Hall–Kier alpha value is -0.740. The minimum absolute atomic E-state index is 0.200. The largest absolute Gasteiger partial charge is 0.309 e. The molecule has 0 unspecified atom stereocenters. The highest BCUT2D eigenvalue weighted by molar-refractivity contribution is 7.79. The van der Waals surface area contributed by atoms with Gasteiger partial charge in [-0.05, 0) is 31.5 Å². The molecule has 4 heteroatoms. The molecule has 1 aromatic rings. The maximum Gasteiger partial charge on any atom is 0.255 e. The van der Waals surface area contributed by atoms with Gasteiger partial charge in [-0.2, -0.15) is 12.6 Å². The van der Waals surface area contributed by atoms with Crippen LogP contribution in [0.5, 0.6) is 0 Å². The summed E-state index contributed by atoms with van der Waals surface area (Å²) in [6.07, 6.45) is 3.33. The SMILES string of the molecule is CN1CCc2c(cc(CS)c(=O)n2C2CC2)C1. The van der Waals surface area contributed by atoms with Crippen molar-refractivity contribution >= 4 is 12.6 Å². The zero-order chi connectivity index (χ0) is 12.0. The predicted molar refractivity (Wildman–Crippen MR) is 71.7 cm³/mol. The summed E-state index contributed by atoms with van der Waals surface area (Å²) in [7, 11) is 2.13. The van der Waals surface area contributed by atoms with E-state index in [-0.39, 0.29) is 5.56 Å². The van der Waals surface area contributed by atoms with E-state index in [9.17, 15) is 4.79 Å². The normalized spacial score (nSPS) is 20.4. The summed E-state index contributed by atoms with van der Waals surface area (Å²) in [5.74, 6) is 0.544. The summed E-state index contributed by atoms with van der Waals surface area (Å²) in [4.78, 5) is 14.6. The Balaban J connectivity index is 2.17. The molecule has 2 aliphatic rings. The molecule has 17 heavy (non-hydrogen) atoms. The number of pyridine rings is 1. The molecule has 1 aliphatic heterocycles. The van der Waals surface area contributed by atoms with Crippen LogP contribution in [0.4, 0.5) is 0 Å². The van der Waals surface area contributed by atoms with Crippen molar-refractivity contribution in [3.63, 3.8) is 0 Å². The highest BCUT2D eigenvalue weighted by Gasteiger charge is 2.30. The maximum absolute atomic E-state index is 12.3. The summed E-state index contributed by atoms with van der Waals surface area (Å²) in [6, 6.07) is 2.54. The molecular formula is C13H18N2OS. The van der Waals surface area contributed by atoms with Gasteiger partial charge in [0.1, 0.15) is 0 Å². The van der Waals surface area contributed by atoms with Crippen LogP contribution in [0.3, 0.4) is 0 Å². The fourth-order valence-corrected chi connectivity index (χ4v) is 2.93. The molecule has 0 spiro atoms. The second kappa shape index (κ2) is 4.18. The van der Waals surface area contributed by atoms with E-state index in [4.69, 9.17) is 0 Å². The Morgan fingerprint density at radius 2 is 2.24 bits per heavy atom.